The van der Waals surface area contributed by atoms with Crippen LogP contribution in [0, 0.1) is 0 Å². The van der Waals surface area contributed by atoms with Crippen molar-refractivity contribution in [3.05, 3.63) is 36.4 Å². The minimum absolute atomic E-state index is 0.0907. The van der Waals surface area contributed by atoms with E-state index >= 15 is 0 Å². The molecular formula is C23H33NO3. The Morgan fingerprint density at radius 2 is 1.78 bits per heavy atom. The summed E-state index contributed by atoms with van der Waals surface area (Å²) in [5, 5.41) is 5.07. The first-order valence-electron chi connectivity index (χ1n) is 10.0. The highest BCUT2D eigenvalue weighted by atomic mass is 16.5. The Morgan fingerprint density at radius 1 is 1.07 bits per heavy atom. The molecule has 0 saturated heterocycles. The van der Waals surface area contributed by atoms with Gasteiger partial charge in [0, 0.05) is 23.1 Å². The third-order valence-electron chi connectivity index (χ3n) is 4.61. The number of rotatable bonds is 10. The van der Waals surface area contributed by atoms with Crippen LogP contribution < -0.4 is 10.1 Å². The van der Waals surface area contributed by atoms with E-state index in [0.29, 0.717) is 13.0 Å². The summed E-state index contributed by atoms with van der Waals surface area (Å²) in [6, 6.07) is 11.8. The molecule has 0 bridgehead atoms. The van der Waals surface area contributed by atoms with Crippen LogP contribution in [0.5, 0.6) is 5.75 Å². The van der Waals surface area contributed by atoms with Gasteiger partial charge in [0.25, 0.3) is 5.91 Å². The van der Waals surface area contributed by atoms with Crippen LogP contribution in [0.1, 0.15) is 60.3 Å². The van der Waals surface area contributed by atoms with Crippen LogP contribution in [0.4, 0.5) is 5.69 Å². The number of unbranched alkanes of at least 4 members (excludes halogenated alkanes) is 1. The molecule has 4 nitrogen and oxygen atoms in total. The Bertz CT molecular complexity index is 746. The Kier molecular flexibility index (Phi) is 7.66. The molecule has 0 aliphatic rings. The molecule has 0 heterocycles. The van der Waals surface area contributed by atoms with Crippen LogP contribution in [-0.2, 0) is 9.53 Å². The van der Waals surface area contributed by atoms with Gasteiger partial charge in [0.2, 0.25) is 0 Å². The molecule has 1 amide bonds. The van der Waals surface area contributed by atoms with Crippen molar-refractivity contribution in [1.82, 2.24) is 0 Å². The molecule has 0 aromatic heterocycles. The van der Waals surface area contributed by atoms with Gasteiger partial charge in [0.05, 0.1) is 6.10 Å². The number of benzene rings is 2. The average Bonchev–Trinajstić information content (AvgIpc) is 2.66. The number of hydrogen-bond acceptors (Lipinski definition) is 3. The van der Waals surface area contributed by atoms with E-state index in [1.54, 1.807) is 0 Å². The zero-order valence-electron chi connectivity index (χ0n) is 17.3. The van der Waals surface area contributed by atoms with Crippen molar-refractivity contribution in [2.24, 2.45) is 0 Å². The largest absolute Gasteiger partial charge is 0.490 e. The van der Waals surface area contributed by atoms with Gasteiger partial charge >= 0.3 is 0 Å². The first-order chi connectivity index (χ1) is 12.9. The first-order valence-corrected chi connectivity index (χ1v) is 10.0. The van der Waals surface area contributed by atoms with E-state index in [-0.39, 0.29) is 12.0 Å². The second-order valence-electron chi connectivity index (χ2n) is 7.46. The number of amides is 1. The van der Waals surface area contributed by atoms with Gasteiger partial charge in [-0.1, -0.05) is 51.0 Å². The van der Waals surface area contributed by atoms with Crippen LogP contribution in [0.25, 0.3) is 10.8 Å². The minimum Gasteiger partial charge on any atom is -0.490 e. The predicted molar refractivity (Wildman–Crippen MR) is 113 cm³/mol. The molecule has 0 saturated carbocycles. The maximum absolute atomic E-state index is 13.1. The van der Waals surface area contributed by atoms with E-state index in [1.807, 2.05) is 57.2 Å². The lowest BCUT2D eigenvalue weighted by Crippen LogP contribution is -2.43. The maximum Gasteiger partial charge on any atom is 0.256 e. The van der Waals surface area contributed by atoms with Gasteiger partial charge < -0.3 is 14.8 Å². The monoisotopic (exact) mass is 371 g/mol. The van der Waals surface area contributed by atoms with E-state index in [9.17, 15) is 4.79 Å². The zero-order valence-corrected chi connectivity index (χ0v) is 17.3. The fraction of sp³-hybridized carbons (Fsp3) is 0.522. The van der Waals surface area contributed by atoms with E-state index in [1.165, 1.54) is 0 Å². The third kappa shape index (κ3) is 5.46. The normalized spacial score (nSPS) is 13.6. The fourth-order valence-corrected chi connectivity index (χ4v) is 3.08. The predicted octanol–water partition coefficient (Wildman–Crippen LogP) is 5.94. The van der Waals surface area contributed by atoms with Crippen LogP contribution in [0.15, 0.2) is 36.4 Å². The number of anilines is 1. The Morgan fingerprint density at radius 3 is 2.41 bits per heavy atom. The second kappa shape index (κ2) is 9.75. The summed E-state index contributed by atoms with van der Waals surface area (Å²) in [6.07, 6.45) is 3.67. The fourth-order valence-electron chi connectivity index (χ4n) is 3.08. The highest BCUT2D eigenvalue weighted by molar-refractivity contribution is 6.06. The third-order valence-corrected chi connectivity index (χ3v) is 4.61. The highest BCUT2D eigenvalue weighted by Crippen LogP contribution is 2.33. The van der Waals surface area contributed by atoms with Crippen LogP contribution in [-0.4, -0.2) is 24.2 Å². The molecule has 27 heavy (non-hydrogen) atoms. The van der Waals surface area contributed by atoms with Crippen molar-refractivity contribution in [3.8, 4) is 5.75 Å². The lowest BCUT2D eigenvalue weighted by atomic mass is 9.97. The zero-order chi connectivity index (χ0) is 19.9. The lowest BCUT2D eigenvalue weighted by molar-refractivity contribution is -0.140. The quantitative estimate of drug-likeness (QED) is 0.562. The molecule has 0 radical (unpaired) electrons. The van der Waals surface area contributed by atoms with Crippen molar-refractivity contribution in [1.29, 1.82) is 0 Å². The lowest BCUT2D eigenvalue weighted by Gasteiger charge is -2.29. The molecule has 148 valence electrons. The molecule has 2 rings (SSSR count). The summed E-state index contributed by atoms with van der Waals surface area (Å²) in [5.74, 6) is 0.738. The number of carbonyl (C=O) groups excluding carboxylic acids is 1. The number of ether oxygens (including phenoxy) is 2. The van der Waals surface area contributed by atoms with Crippen LogP contribution >= 0.6 is 0 Å². The molecule has 1 atom stereocenters. The summed E-state index contributed by atoms with van der Waals surface area (Å²) in [6.45, 7) is 10.7. The van der Waals surface area contributed by atoms with Crippen molar-refractivity contribution >= 4 is 22.4 Å². The van der Waals surface area contributed by atoms with E-state index < -0.39 is 5.60 Å². The molecule has 2 aromatic carbocycles. The van der Waals surface area contributed by atoms with Gasteiger partial charge in [0.15, 0.2) is 0 Å². The summed E-state index contributed by atoms with van der Waals surface area (Å²) in [5.41, 5.74) is -0.0326. The van der Waals surface area contributed by atoms with Crippen LogP contribution in [0.3, 0.4) is 0 Å². The number of hydrogen-bond donors (Lipinski definition) is 1. The van der Waals surface area contributed by atoms with Crippen molar-refractivity contribution < 1.29 is 14.3 Å². The van der Waals surface area contributed by atoms with Crippen LogP contribution in [0.2, 0.25) is 0 Å². The number of nitrogens with one attached hydrogen (secondary N) is 1. The van der Waals surface area contributed by atoms with Crippen molar-refractivity contribution in [2.45, 2.75) is 72.0 Å². The number of carbonyl (C=O) groups is 1. The number of fused-ring (bicyclic) bond motifs is 1. The van der Waals surface area contributed by atoms with Gasteiger partial charge in [-0.05, 0) is 45.7 Å². The first kappa shape index (κ1) is 21.2. The second-order valence-corrected chi connectivity index (χ2v) is 7.46. The molecule has 2 aromatic rings. The summed E-state index contributed by atoms with van der Waals surface area (Å²) in [7, 11) is 0. The highest BCUT2D eigenvalue weighted by Gasteiger charge is 2.33. The van der Waals surface area contributed by atoms with Crippen molar-refractivity contribution in [3.63, 3.8) is 0 Å². The molecular weight excluding hydrogens is 338 g/mol. The Hall–Kier alpha value is -2.07. The topological polar surface area (TPSA) is 47.6 Å². The van der Waals surface area contributed by atoms with Crippen molar-refractivity contribution in [2.75, 3.05) is 11.9 Å². The van der Waals surface area contributed by atoms with Gasteiger partial charge in [-0.25, -0.2) is 0 Å². The molecule has 1 N–H and O–H groups in total. The van der Waals surface area contributed by atoms with Gasteiger partial charge in [-0.3, -0.25) is 4.79 Å². The Labute approximate surface area is 163 Å². The summed E-state index contributed by atoms with van der Waals surface area (Å²) < 4.78 is 11.9. The molecule has 4 heteroatoms. The summed E-state index contributed by atoms with van der Waals surface area (Å²) in [4.78, 5) is 13.1. The molecule has 0 spiro atoms. The van der Waals surface area contributed by atoms with E-state index in [2.05, 4.69) is 19.2 Å². The molecule has 0 aliphatic carbocycles. The maximum atomic E-state index is 13.1. The molecule has 0 fully saturated rings. The van der Waals surface area contributed by atoms with E-state index in [0.717, 1.165) is 41.5 Å². The standard InChI is InChI=1S/C23H33NO3/c1-6-8-15-23(5,26-16-7-2)22(25)24-20-13-14-21(27-17(3)4)19-12-10-9-11-18(19)20/h9-14,17H,6-8,15-16H2,1-5H3,(H,24,25). The SMILES string of the molecule is CCCCC(C)(OCCC)C(=O)Nc1ccc(OC(C)C)c2ccccc12. The molecule has 0 aliphatic heterocycles. The minimum atomic E-state index is -0.819. The average molecular weight is 372 g/mol. The smallest absolute Gasteiger partial charge is 0.256 e. The summed E-state index contributed by atoms with van der Waals surface area (Å²) >= 11 is 0. The van der Waals surface area contributed by atoms with Gasteiger partial charge in [-0.15, -0.1) is 0 Å². The Balaban J connectivity index is 2.32. The van der Waals surface area contributed by atoms with Gasteiger partial charge in [0.1, 0.15) is 11.4 Å². The molecule has 1 unspecified atom stereocenters. The van der Waals surface area contributed by atoms with E-state index in [4.69, 9.17) is 9.47 Å². The van der Waals surface area contributed by atoms with Gasteiger partial charge in [-0.2, -0.15) is 0 Å².